The van der Waals surface area contributed by atoms with Gasteiger partial charge < -0.3 is 20.2 Å². The summed E-state index contributed by atoms with van der Waals surface area (Å²) in [5.41, 5.74) is 0. The van der Waals surface area contributed by atoms with E-state index >= 15 is 0 Å². The number of nitrogens with one attached hydrogen (secondary N) is 1. The monoisotopic (exact) mass is 285 g/mol. The van der Waals surface area contributed by atoms with Crippen molar-refractivity contribution in [1.29, 1.82) is 0 Å². The van der Waals surface area contributed by atoms with Crippen molar-refractivity contribution in [2.75, 3.05) is 39.3 Å². The Labute approximate surface area is 121 Å². The summed E-state index contributed by atoms with van der Waals surface area (Å²) in [4.78, 5) is 26.7. The van der Waals surface area contributed by atoms with Crippen LogP contribution in [0.3, 0.4) is 0 Å². The average molecular weight is 285 g/mol. The van der Waals surface area contributed by atoms with Gasteiger partial charge >= 0.3 is 12.0 Å². The Morgan fingerprint density at radius 2 is 2.00 bits per heavy atom. The van der Waals surface area contributed by atoms with Crippen molar-refractivity contribution < 1.29 is 14.7 Å². The number of likely N-dealkylation sites (tertiary alicyclic amines) is 1. The van der Waals surface area contributed by atoms with E-state index in [1.807, 2.05) is 6.92 Å². The highest BCUT2D eigenvalue weighted by Gasteiger charge is 2.19. The minimum Gasteiger partial charge on any atom is -0.481 e. The number of carbonyl (C=O) groups excluding carboxylic acids is 1. The van der Waals surface area contributed by atoms with Crippen LogP contribution >= 0.6 is 0 Å². The molecule has 1 aliphatic rings. The van der Waals surface area contributed by atoms with Crippen LogP contribution in [-0.4, -0.2) is 66.2 Å². The summed E-state index contributed by atoms with van der Waals surface area (Å²) >= 11 is 0. The largest absolute Gasteiger partial charge is 0.481 e. The van der Waals surface area contributed by atoms with Gasteiger partial charge in [0.1, 0.15) is 0 Å². The third kappa shape index (κ3) is 5.77. The molecular weight excluding hydrogens is 258 g/mol. The predicted octanol–water partition coefficient (Wildman–Crippen LogP) is 1.22. The van der Waals surface area contributed by atoms with E-state index < -0.39 is 11.9 Å². The minimum atomic E-state index is -0.870. The Balaban J connectivity index is 2.19. The molecule has 0 aliphatic carbocycles. The molecule has 0 aromatic heterocycles. The summed E-state index contributed by atoms with van der Waals surface area (Å²) in [5, 5.41) is 11.7. The number of hydrogen-bond donors (Lipinski definition) is 2. The van der Waals surface area contributed by atoms with Crippen molar-refractivity contribution in [3.8, 4) is 0 Å². The van der Waals surface area contributed by atoms with Crippen molar-refractivity contribution >= 4 is 12.0 Å². The molecule has 0 spiro atoms. The number of carboxylic acid groups (broad SMARTS) is 1. The van der Waals surface area contributed by atoms with Crippen molar-refractivity contribution in [3.05, 3.63) is 0 Å². The molecule has 1 unspecified atom stereocenters. The van der Waals surface area contributed by atoms with Gasteiger partial charge in [-0.1, -0.05) is 6.92 Å². The van der Waals surface area contributed by atoms with Gasteiger partial charge in [0.2, 0.25) is 0 Å². The fourth-order valence-electron chi connectivity index (χ4n) is 2.38. The summed E-state index contributed by atoms with van der Waals surface area (Å²) in [6, 6.07) is -0.165. The molecule has 1 rings (SSSR count). The van der Waals surface area contributed by atoms with Crippen molar-refractivity contribution in [2.45, 2.75) is 33.1 Å². The van der Waals surface area contributed by atoms with Crippen LogP contribution < -0.4 is 5.32 Å². The fourth-order valence-corrected chi connectivity index (χ4v) is 2.38. The van der Waals surface area contributed by atoms with E-state index in [2.05, 4.69) is 10.2 Å². The second kappa shape index (κ2) is 8.79. The van der Waals surface area contributed by atoms with Crippen LogP contribution in [0.1, 0.15) is 33.1 Å². The van der Waals surface area contributed by atoms with Crippen molar-refractivity contribution in [3.63, 3.8) is 0 Å². The van der Waals surface area contributed by atoms with E-state index in [4.69, 9.17) is 5.11 Å². The topological polar surface area (TPSA) is 72.9 Å². The van der Waals surface area contributed by atoms with E-state index in [9.17, 15) is 9.59 Å². The third-order valence-electron chi connectivity index (χ3n) is 3.71. The van der Waals surface area contributed by atoms with Crippen LogP contribution in [0.5, 0.6) is 0 Å². The molecule has 0 bridgehead atoms. The SMILES string of the molecule is CCN(CC(C)C(=O)O)C(=O)NCCCN1CCCC1. The van der Waals surface area contributed by atoms with Crippen LogP contribution in [0.2, 0.25) is 0 Å². The lowest BCUT2D eigenvalue weighted by Gasteiger charge is -2.23. The van der Waals surface area contributed by atoms with Gasteiger partial charge in [0.15, 0.2) is 0 Å². The Kier molecular flexibility index (Phi) is 7.36. The lowest BCUT2D eigenvalue weighted by Crippen LogP contribution is -2.43. The lowest BCUT2D eigenvalue weighted by molar-refractivity contribution is -0.141. The molecule has 1 fully saturated rings. The van der Waals surface area contributed by atoms with Gasteiger partial charge in [0, 0.05) is 19.6 Å². The molecule has 2 N–H and O–H groups in total. The second-order valence-corrected chi connectivity index (χ2v) is 5.41. The maximum Gasteiger partial charge on any atom is 0.317 e. The molecule has 1 atom stereocenters. The average Bonchev–Trinajstić information content (AvgIpc) is 2.93. The second-order valence-electron chi connectivity index (χ2n) is 5.41. The summed E-state index contributed by atoms with van der Waals surface area (Å²) in [6.07, 6.45) is 3.50. The van der Waals surface area contributed by atoms with Crippen LogP contribution in [0.15, 0.2) is 0 Å². The zero-order valence-corrected chi connectivity index (χ0v) is 12.6. The standard InChI is InChI=1S/C14H27N3O3/c1-3-17(11-12(2)13(18)19)14(20)15-7-6-10-16-8-4-5-9-16/h12H,3-11H2,1-2H3,(H,15,20)(H,18,19). The number of rotatable bonds is 8. The van der Waals surface area contributed by atoms with Crippen LogP contribution in [-0.2, 0) is 4.79 Å². The summed E-state index contributed by atoms with van der Waals surface area (Å²) in [6.45, 7) is 8.27. The Morgan fingerprint density at radius 3 is 2.55 bits per heavy atom. The Hall–Kier alpha value is -1.30. The molecule has 6 nitrogen and oxygen atoms in total. The first-order valence-corrected chi connectivity index (χ1v) is 7.52. The van der Waals surface area contributed by atoms with E-state index in [1.54, 1.807) is 11.8 Å². The summed E-state index contributed by atoms with van der Waals surface area (Å²) < 4.78 is 0. The molecule has 0 aromatic rings. The van der Waals surface area contributed by atoms with Gasteiger partial charge in [-0.25, -0.2) is 4.79 Å². The first-order valence-electron chi connectivity index (χ1n) is 7.52. The number of carbonyl (C=O) groups is 2. The molecule has 20 heavy (non-hydrogen) atoms. The first kappa shape index (κ1) is 16.8. The molecule has 0 saturated carbocycles. The molecule has 0 radical (unpaired) electrons. The highest BCUT2D eigenvalue weighted by Crippen LogP contribution is 2.07. The highest BCUT2D eigenvalue weighted by molar-refractivity contribution is 5.75. The number of hydrogen-bond acceptors (Lipinski definition) is 3. The third-order valence-corrected chi connectivity index (χ3v) is 3.71. The maximum atomic E-state index is 11.9. The normalized spacial score (nSPS) is 16.9. The van der Waals surface area contributed by atoms with Crippen molar-refractivity contribution in [1.82, 2.24) is 15.1 Å². The molecule has 1 aliphatic heterocycles. The zero-order chi connectivity index (χ0) is 15.0. The van der Waals surface area contributed by atoms with Gasteiger partial charge in [0.25, 0.3) is 0 Å². The van der Waals surface area contributed by atoms with Gasteiger partial charge in [-0.3, -0.25) is 4.79 Å². The molecular formula is C14H27N3O3. The predicted molar refractivity (Wildman–Crippen MR) is 77.7 cm³/mol. The smallest absolute Gasteiger partial charge is 0.317 e. The molecule has 1 saturated heterocycles. The number of urea groups is 1. The van der Waals surface area contributed by atoms with Gasteiger partial charge in [0.05, 0.1) is 5.92 Å². The zero-order valence-electron chi connectivity index (χ0n) is 12.6. The van der Waals surface area contributed by atoms with Crippen LogP contribution in [0.25, 0.3) is 0 Å². The van der Waals surface area contributed by atoms with E-state index in [0.29, 0.717) is 13.1 Å². The van der Waals surface area contributed by atoms with Gasteiger partial charge in [-0.2, -0.15) is 0 Å². The molecule has 0 aromatic carbocycles. The molecule has 1 heterocycles. The quantitative estimate of drug-likeness (QED) is 0.658. The fraction of sp³-hybridized carbons (Fsp3) is 0.857. The van der Waals surface area contributed by atoms with Crippen LogP contribution in [0.4, 0.5) is 4.79 Å². The maximum absolute atomic E-state index is 11.9. The van der Waals surface area contributed by atoms with E-state index in [1.165, 1.54) is 25.9 Å². The van der Waals surface area contributed by atoms with Crippen LogP contribution in [0, 0.1) is 5.92 Å². The molecule has 116 valence electrons. The van der Waals surface area contributed by atoms with Gasteiger partial charge in [-0.15, -0.1) is 0 Å². The Morgan fingerprint density at radius 1 is 1.35 bits per heavy atom. The number of aliphatic carboxylic acids is 1. The van der Waals surface area contributed by atoms with Gasteiger partial charge in [-0.05, 0) is 45.8 Å². The number of amides is 2. The first-order chi connectivity index (χ1) is 9.54. The Bertz CT molecular complexity index is 317. The number of carboxylic acids is 1. The number of nitrogens with zero attached hydrogens (tertiary/aromatic N) is 2. The molecule has 6 heteroatoms. The lowest BCUT2D eigenvalue weighted by atomic mass is 10.2. The van der Waals surface area contributed by atoms with Crippen molar-refractivity contribution in [2.24, 2.45) is 5.92 Å². The summed E-state index contributed by atoms with van der Waals surface area (Å²) in [5.74, 6) is -1.41. The summed E-state index contributed by atoms with van der Waals surface area (Å²) in [7, 11) is 0. The van der Waals surface area contributed by atoms with E-state index in [0.717, 1.165) is 13.0 Å². The highest BCUT2D eigenvalue weighted by atomic mass is 16.4. The molecule has 2 amide bonds. The van der Waals surface area contributed by atoms with E-state index in [-0.39, 0.29) is 12.6 Å². The minimum absolute atomic E-state index is 0.165.